The molecule has 0 fully saturated rings. The van der Waals surface area contributed by atoms with E-state index in [0.717, 1.165) is 0 Å². The third kappa shape index (κ3) is 3.59. The molecular formula is C19H14ClNO4. The van der Waals surface area contributed by atoms with Crippen LogP contribution in [0.4, 0.5) is 0 Å². The average Bonchev–Trinajstić information content (AvgIpc) is 2.65. The monoisotopic (exact) mass is 355 g/mol. The van der Waals surface area contributed by atoms with Crippen molar-refractivity contribution in [3.05, 3.63) is 58.1 Å². The van der Waals surface area contributed by atoms with Gasteiger partial charge in [0.05, 0.1) is 7.11 Å². The summed E-state index contributed by atoms with van der Waals surface area (Å²) in [4.78, 5) is 12.5. The minimum absolute atomic E-state index is 0.000975. The number of benzene rings is 2. The lowest BCUT2D eigenvalue weighted by atomic mass is 10.0. The fourth-order valence-electron chi connectivity index (χ4n) is 2.45. The minimum atomic E-state index is -0.381. The van der Waals surface area contributed by atoms with Gasteiger partial charge in [-0.3, -0.25) is 4.79 Å². The highest BCUT2D eigenvalue weighted by molar-refractivity contribution is 6.30. The molecule has 3 rings (SSSR count). The van der Waals surface area contributed by atoms with Gasteiger partial charge in [-0.05, 0) is 48.0 Å². The highest BCUT2D eigenvalue weighted by Gasteiger charge is 2.19. The van der Waals surface area contributed by atoms with Gasteiger partial charge >= 0.3 is 0 Å². The van der Waals surface area contributed by atoms with Gasteiger partial charge in [0.2, 0.25) is 11.5 Å². The van der Waals surface area contributed by atoms with Crippen molar-refractivity contribution < 1.29 is 19.0 Å². The summed E-state index contributed by atoms with van der Waals surface area (Å²) in [5.41, 5.74) is 1.00. The number of fused-ring (bicyclic) bond motifs is 1. The number of methoxy groups -OCH3 is 1. The molecule has 1 heterocycles. The van der Waals surface area contributed by atoms with E-state index in [0.29, 0.717) is 46.6 Å². The number of hydrogen-bond donors (Lipinski definition) is 0. The first-order valence-corrected chi connectivity index (χ1v) is 7.90. The van der Waals surface area contributed by atoms with Crippen molar-refractivity contribution in [2.75, 3.05) is 20.3 Å². The van der Waals surface area contributed by atoms with E-state index >= 15 is 0 Å². The molecule has 6 heteroatoms. The molecule has 0 saturated heterocycles. The topological polar surface area (TPSA) is 68.5 Å². The zero-order chi connectivity index (χ0) is 17.8. The molecule has 1 aliphatic rings. The fraction of sp³-hybridized carbons (Fsp3) is 0.158. The molecule has 2 aromatic carbocycles. The zero-order valence-electron chi connectivity index (χ0n) is 13.4. The Morgan fingerprint density at radius 1 is 1.24 bits per heavy atom. The number of allylic oxidation sites excluding steroid dienone is 1. The van der Waals surface area contributed by atoms with Gasteiger partial charge in [-0.1, -0.05) is 11.6 Å². The van der Waals surface area contributed by atoms with Crippen molar-refractivity contribution in [1.29, 1.82) is 5.26 Å². The third-order valence-electron chi connectivity index (χ3n) is 3.63. The summed E-state index contributed by atoms with van der Waals surface area (Å²) in [7, 11) is 1.52. The smallest absolute Gasteiger partial charge is 0.203 e. The summed E-state index contributed by atoms with van der Waals surface area (Å²) in [6.45, 7) is 0.870. The highest BCUT2D eigenvalue weighted by Crippen LogP contribution is 2.40. The van der Waals surface area contributed by atoms with Gasteiger partial charge in [0, 0.05) is 10.6 Å². The van der Waals surface area contributed by atoms with Crippen molar-refractivity contribution in [2.24, 2.45) is 0 Å². The third-order valence-corrected chi connectivity index (χ3v) is 3.88. The highest BCUT2D eigenvalue weighted by atomic mass is 35.5. The van der Waals surface area contributed by atoms with Crippen LogP contribution >= 0.6 is 11.6 Å². The van der Waals surface area contributed by atoms with Crippen molar-refractivity contribution in [2.45, 2.75) is 0 Å². The maximum absolute atomic E-state index is 12.5. The standard InChI is InChI=1S/C19H14ClNO4/c1-23-16-9-12(10-17-19(16)25-7-6-24-17)8-14(11-21)18(22)13-2-4-15(20)5-3-13/h2-5,8-10H,6-7H2,1H3/b14-8+. The number of halogens is 1. The largest absolute Gasteiger partial charge is 0.493 e. The van der Waals surface area contributed by atoms with Crippen molar-refractivity contribution >= 4 is 23.5 Å². The summed E-state index contributed by atoms with van der Waals surface area (Å²) in [6.07, 6.45) is 1.50. The van der Waals surface area contributed by atoms with Crippen LogP contribution in [-0.4, -0.2) is 26.1 Å². The Hall–Kier alpha value is -2.97. The lowest BCUT2D eigenvalue weighted by Crippen LogP contribution is -2.16. The van der Waals surface area contributed by atoms with E-state index in [1.54, 1.807) is 36.4 Å². The number of carbonyl (C=O) groups excluding carboxylic acids is 1. The Labute approximate surface area is 150 Å². The van der Waals surface area contributed by atoms with Crippen LogP contribution in [0.2, 0.25) is 5.02 Å². The predicted octanol–water partition coefficient (Wildman–Crippen LogP) is 3.91. The first-order chi connectivity index (χ1) is 12.1. The number of rotatable bonds is 4. The van der Waals surface area contributed by atoms with E-state index in [-0.39, 0.29) is 11.4 Å². The summed E-state index contributed by atoms with van der Waals surface area (Å²) < 4.78 is 16.4. The van der Waals surface area contributed by atoms with Gasteiger partial charge in [-0.2, -0.15) is 5.26 Å². The zero-order valence-corrected chi connectivity index (χ0v) is 14.2. The molecule has 0 spiro atoms. The van der Waals surface area contributed by atoms with Crippen molar-refractivity contribution in [1.82, 2.24) is 0 Å². The number of hydrogen-bond acceptors (Lipinski definition) is 5. The molecule has 0 saturated carbocycles. The van der Waals surface area contributed by atoms with Crippen LogP contribution in [0.25, 0.3) is 6.08 Å². The van der Waals surface area contributed by atoms with E-state index in [2.05, 4.69) is 0 Å². The van der Waals surface area contributed by atoms with E-state index in [4.69, 9.17) is 25.8 Å². The van der Waals surface area contributed by atoms with Gasteiger partial charge in [-0.25, -0.2) is 0 Å². The molecule has 5 nitrogen and oxygen atoms in total. The van der Waals surface area contributed by atoms with Crippen LogP contribution in [0.1, 0.15) is 15.9 Å². The quantitative estimate of drug-likeness (QED) is 0.472. The second kappa shape index (κ2) is 7.29. The summed E-state index contributed by atoms with van der Waals surface area (Å²) in [5.74, 6) is 1.15. The molecule has 0 amide bonds. The van der Waals surface area contributed by atoms with Crippen LogP contribution in [0.15, 0.2) is 42.0 Å². The second-order valence-corrected chi connectivity index (χ2v) is 5.69. The van der Waals surface area contributed by atoms with Gasteiger partial charge in [-0.15, -0.1) is 0 Å². The van der Waals surface area contributed by atoms with Gasteiger partial charge in [0.15, 0.2) is 11.5 Å². The fourth-order valence-corrected chi connectivity index (χ4v) is 2.57. The SMILES string of the molecule is COc1cc(/C=C(\C#N)C(=O)c2ccc(Cl)cc2)cc2c1OCCO2. The molecular weight excluding hydrogens is 342 g/mol. The van der Waals surface area contributed by atoms with Crippen LogP contribution < -0.4 is 14.2 Å². The Bertz CT molecular complexity index is 864. The van der Waals surface area contributed by atoms with E-state index < -0.39 is 0 Å². The van der Waals surface area contributed by atoms with Gasteiger partial charge in [0.1, 0.15) is 24.9 Å². The molecule has 1 aliphatic heterocycles. The van der Waals surface area contributed by atoms with Crippen LogP contribution in [0, 0.1) is 11.3 Å². The van der Waals surface area contributed by atoms with Gasteiger partial charge < -0.3 is 14.2 Å². The van der Waals surface area contributed by atoms with Crippen LogP contribution in [0.5, 0.6) is 17.2 Å². The van der Waals surface area contributed by atoms with Crippen LogP contribution in [-0.2, 0) is 0 Å². The molecule has 0 bridgehead atoms. The Morgan fingerprint density at radius 2 is 1.96 bits per heavy atom. The average molecular weight is 356 g/mol. The molecule has 0 atom stereocenters. The predicted molar refractivity (Wildman–Crippen MR) is 93.4 cm³/mol. The first-order valence-electron chi connectivity index (χ1n) is 7.52. The van der Waals surface area contributed by atoms with E-state index in [1.807, 2.05) is 6.07 Å². The summed E-state index contributed by atoms with van der Waals surface area (Å²) in [5, 5.41) is 9.91. The molecule has 0 radical (unpaired) electrons. The second-order valence-electron chi connectivity index (χ2n) is 5.25. The number of Topliss-reactive ketones (excluding diaryl/α,β-unsaturated/α-hetero) is 1. The van der Waals surface area contributed by atoms with Crippen molar-refractivity contribution in [3.63, 3.8) is 0 Å². The summed E-state index contributed by atoms with van der Waals surface area (Å²) in [6, 6.07) is 11.7. The van der Waals surface area contributed by atoms with E-state index in [9.17, 15) is 10.1 Å². The maximum Gasteiger partial charge on any atom is 0.203 e. The number of carbonyl (C=O) groups is 1. The maximum atomic E-state index is 12.5. The number of ether oxygens (including phenoxy) is 3. The lowest BCUT2D eigenvalue weighted by molar-refractivity contribution is 0.104. The number of nitrogens with zero attached hydrogens (tertiary/aromatic N) is 1. The molecule has 0 aliphatic carbocycles. The number of ketones is 1. The van der Waals surface area contributed by atoms with Crippen molar-refractivity contribution in [3.8, 4) is 23.3 Å². The lowest BCUT2D eigenvalue weighted by Gasteiger charge is -2.21. The summed E-state index contributed by atoms with van der Waals surface area (Å²) >= 11 is 5.83. The molecule has 0 unspecified atom stereocenters. The van der Waals surface area contributed by atoms with Crippen LogP contribution in [0.3, 0.4) is 0 Å². The Balaban J connectivity index is 1.98. The van der Waals surface area contributed by atoms with E-state index in [1.165, 1.54) is 13.2 Å². The molecule has 2 aromatic rings. The normalized spacial score (nSPS) is 13.1. The Kier molecular flexibility index (Phi) is 4.92. The molecule has 126 valence electrons. The molecule has 25 heavy (non-hydrogen) atoms. The minimum Gasteiger partial charge on any atom is -0.493 e. The number of nitriles is 1. The molecule has 0 N–H and O–H groups in total. The van der Waals surface area contributed by atoms with Gasteiger partial charge in [0.25, 0.3) is 0 Å². The first kappa shape index (κ1) is 16.9. The molecule has 0 aromatic heterocycles. The Morgan fingerprint density at radius 3 is 2.64 bits per heavy atom.